The second-order valence-corrected chi connectivity index (χ2v) is 13.7. The van der Waals surface area contributed by atoms with Gasteiger partial charge in [0.2, 0.25) is 5.91 Å². The van der Waals surface area contributed by atoms with Crippen LogP contribution >= 0.6 is 11.8 Å². The van der Waals surface area contributed by atoms with Crippen molar-refractivity contribution in [2.45, 2.75) is 79.5 Å². The fourth-order valence-electron chi connectivity index (χ4n) is 7.64. The van der Waals surface area contributed by atoms with E-state index in [1.807, 2.05) is 11.8 Å². The van der Waals surface area contributed by atoms with Crippen LogP contribution in [0.15, 0.2) is 12.0 Å². The number of ether oxygens (including phenoxy) is 3. The number of hydrogen-bond donors (Lipinski definition) is 6. The van der Waals surface area contributed by atoms with Gasteiger partial charge in [-0.2, -0.15) is 0 Å². The molecule has 7 aliphatic rings. The zero-order valence-electron chi connectivity index (χ0n) is 23.0. The van der Waals surface area contributed by atoms with E-state index in [9.17, 15) is 9.59 Å². The number of rotatable bonds is 6. The van der Waals surface area contributed by atoms with E-state index in [1.165, 1.54) is 25.7 Å². The first kappa shape index (κ1) is 27.4. The van der Waals surface area contributed by atoms with E-state index in [0.29, 0.717) is 43.7 Å². The summed E-state index contributed by atoms with van der Waals surface area (Å²) in [6.45, 7) is 4.71. The van der Waals surface area contributed by atoms with E-state index < -0.39 is 6.10 Å². The first-order chi connectivity index (χ1) is 19.5. The number of amides is 1. The van der Waals surface area contributed by atoms with Gasteiger partial charge in [0, 0.05) is 44.6 Å². The molecule has 0 radical (unpaired) electrons. The molecule has 0 aromatic rings. The van der Waals surface area contributed by atoms with Gasteiger partial charge >= 0.3 is 0 Å². The molecule has 0 spiro atoms. The normalized spacial score (nSPS) is 45.5. The number of piperidine rings is 1. The molecule has 6 heterocycles. The van der Waals surface area contributed by atoms with E-state index in [0.717, 1.165) is 32.6 Å². The number of carbonyl (C=O) groups is 2. The number of fused-ring (bicyclic) bond motifs is 2. The van der Waals surface area contributed by atoms with Gasteiger partial charge < -0.3 is 35.5 Å². The number of nitrogens with zero attached hydrogens (tertiary/aromatic N) is 1. The number of nitrogens with one attached hydrogen (secondary N) is 5. The predicted molar refractivity (Wildman–Crippen MR) is 147 cm³/mol. The Morgan fingerprint density at radius 2 is 1.95 bits per heavy atom. The van der Waals surface area contributed by atoms with Crippen LogP contribution in [-0.4, -0.2) is 110 Å². The minimum Gasteiger partial charge on any atom is -0.472 e. The zero-order valence-corrected chi connectivity index (χ0v) is 23.8. The molecule has 5 saturated heterocycles. The summed E-state index contributed by atoms with van der Waals surface area (Å²) in [6.07, 6.45) is 6.59. The Labute approximate surface area is 239 Å². The maximum absolute atomic E-state index is 12.9. The summed E-state index contributed by atoms with van der Waals surface area (Å²) < 4.78 is 17.9. The van der Waals surface area contributed by atoms with Gasteiger partial charge in [0.05, 0.1) is 60.9 Å². The summed E-state index contributed by atoms with van der Waals surface area (Å²) in [6, 6.07) is 0.855. The molecule has 13 heteroatoms. The molecule has 1 aliphatic carbocycles. The summed E-state index contributed by atoms with van der Waals surface area (Å²) >= 11 is 1.82. The van der Waals surface area contributed by atoms with Gasteiger partial charge in [-0.3, -0.25) is 25.5 Å². The largest absolute Gasteiger partial charge is 0.472 e. The van der Waals surface area contributed by atoms with Crippen LogP contribution in [0.4, 0.5) is 0 Å². The van der Waals surface area contributed by atoms with Crippen LogP contribution in [0, 0.1) is 17.8 Å². The first-order valence-corrected chi connectivity index (χ1v) is 16.1. The van der Waals surface area contributed by atoms with Crippen molar-refractivity contribution in [3.05, 3.63) is 12.0 Å². The number of morpholine rings is 1. The van der Waals surface area contributed by atoms with Gasteiger partial charge in [0.1, 0.15) is 6.10 Å². The Balaban J connectivity index is 0.985. The summed E-state index contributed by atoms with van der Waals surface area (Å²) in [7, 11) is 0. The molecule has 1 amide bonds. The molecule has 1 saturated carbocycles. The number of hydrogen-bond acceptors (Lipinski definition) is 11. The highest BCUT2D eigenvalue weighted by Gasteiger charge is 2.52. The van der Waals surface area contributed by atoms with Crippen molar-refractivity contribution in [3.8, 4) is 0 Å². The molecule has 0 bridgehead atoms. The van der Waals surface area contributed by atoms with E-state index in [1.54, 1.807) is 6.08 Å². The second-order valence-electron chi connectivity index (χ2n) is 12.4. The van der Waals surface area contributed by atoms with Gasteiger partial charge in [0.25, 0.3) is 0 Å². The zero-order chi connectivity index (χ0) is 27.2. The Bertz CT molecular complexity index is 998. The predicted octanol–water partition coefficient (Wildman–Crippen LogP) is -2.13. The van der Waals surface area contributed by atoms with Crippen LogP contribution in [-0.2, 0) is 23.8 Å². The van der Waals surface area contributed by atoms with Crippen molar-refractivity contribution in [2.24, 2.45) is 17.8 Å². The third-order valence-electron chi connectivity index (χ3n) is 9.84. The average molecular weight is 579 g/mol. The maximum Gasteiger partial charge on any atom is 0.226 e. The smallest absolute Gasteiger partial charge is 0.226 e. The molecule has 12 nitrogen and oxygen atoms in total. The lowest BCUT2D eigenvalue weighted by Gasteiger charge is -2.42. The maximum atomic E-state index is 12.9. The summed E-state index contributed by atoms with van der Waals surface area (Å²) in [5.74, 6) is 1.04. The molecule has 6 fully saturated rings. The van der Waals surface area contributed by atoms with Crippen molar-refractivity contribution < 1.29 is 29.5 Å². The molecule has 9 unspecified atom stereocenters. The fraction of sp³-hybridized carbons (Fsp3) is 0.852. The van der Waals surface area contributed by atoms with E-state index >= 15 is 0 Å². The van der Waals surface area contributed by atoms with Gasteiger partial charge in [0.15, 0.2) is 17.8 Å². The summed E-state index contributed by atoms with van der Waals surface area (Å²) in [4.78, 5) is 27.8. The van der Waals surface area contributed by atoms with E-state index in [4.69, 9.17) is 14.2 Å². The highest BCUT2D eigenvalue weighted by molar-refractivity contribution is 8.00. The highest BCUT2D eigenvalue weighted by atomic mass is 32.2. The number of carbonyl (C=O) groups excluding carboxylic acids is 2. The molecule has 7 rings (SSSR count). The lowest BCUT2D eigenvalue weighted by Crippen LogP contribution is -2.73. The van der Waals surface area contributed by atoms with Crippen LogP contribution in [0.5, 0.6) is 0 Å². The van der Waals surface area contributed by atoms with Crippen LogP contribution in [0.25, 0.3) is 0 Å². The third kappa shape index (κ3) is 5.39. The standard InChI is InChI=1S/C27H43N7O5S/c28-16-3-1-2-4-17(16)31-19-9-14-11-29-26(36)22(14)25(32-19)33-20-12-30-27(40-20)15-13-38-24-18(35)10-21(39-23(15)24)34-5-7-37-8-6-34/h10,14-17,19-20,22-25,27,30-33H,1-9,11-13,28H2,(H,29,36)/p+1/t14?,15?,16-,17+,19?,20?,22?,23?,24?,25?,27?/m1/s1. The molecule has 222 valence electrons. The monoisotopic (exact) mass is 578 g/mol. The highest BCUT2D eigenvalue weighted by Crippen LogP contribution is 2.39. The Morgan fingerprint density at radius 3 is 2.80 bits per heavy atom. The van der Waals surface area contributed by atoms with Gasteiger partial charge in [-0.1, -0.05) is 6.42 Å². The van der Waals surface area contributed by atoms with E-state index in [-0.39, 0.29) is 52.7 Å². The SMILES string of the molecule is [NH3+][C@@H]1CCCC[C@@H]1NC1CC2CNC(=O)C2C(NC2CNC(C3COC4C(=O)C=C(N5CCOCC5)OC43)S2)N1. The van der Waals surface area contributed by atoms with Crippen LogP contribution in [0.2, 0.25) is 0 Å². The lowest BCUT2D eigenvalue weighted by atomic mass is 9.84. The summed E-state index contributed by atoms with van der Waals surface area (Å²) in [5.41, 5.74) is 4.40. The molecular formula is C27H44N7O5S+. The van der Waals surface area contributed by atoms with Crippen LogP contribution in [0.3, 0.4) is 0 Å². The minimum atomic E-state index is -0.546. The fourth-order valence-corrected chi connectivity index (χ4v) is 9.04. The second kappa shape index (κ2) is 11.7. The lowest BCUT2D eigenvalue weighted by molar-refractivity contribution is -0.431. The van der Waals surface area contributed by atoms with Gasteiger partial charge in [-0.15, -0.1) is 11.8 Å². The quantitative estimate of drug-likeness (QED) is 0.205. The number of ketones is 1. The molecule has 6 aliphatic heterocycles. The van der Waals surface area contributed by atoms with Crippen molar-refractivity contribution in [1.29, 1.82) is 0 Å². The molecule has 40 heavy (non-hydrogen) atoms. The van der Waals surface area contributed by atoms with Crippen LogP contribution < -0.4 is 32.3 Å². The Hall–Kier alpha value is -1.45. The molecule has 0 aromatic carbocycles. The molecular weight excluding hydrogens is 534 g/mol. The first-order valence-electron chi connectivity index (χ1n) is 15.2. The molecule has 11 atom stereocenters. The van der Waals surface area contributed by atoms with Crippen molar-refractivity contribution in [1.82, 2.24) is 31.5 Å². The number of quaternary nitrogens is 1. The molecule has 8 N–H and O–H groups in total. The third-order valence-corrected chi connectivity index (χ3v) is 11.3. The molecule has 0 aromatic heterocycles. The Kier molecular flexibility index (Phi) is 7.99. The van der Waals surface area contributed by atoms with Crippen molar-refractivity contribution in [3.63, 3.8) is 0 Å². The Morgan fingerprint density at radius 1 is 1.10 bits per heavy atom. The average Bonchev–Trinajstić information content (AvgIpc) is 3.69. The van der Waals surface area contributed by atoms with Gasteiger partial charge in [-0.25, -0.2) is 0 Å². The topological polar surface area (TPSA) is 153 Å². The van der Waals surface area contributed by atoms with E-state index in [2.05, 4.69) is 37.2 Å². The van der Waals surface area contributed by atoms with Crippen molar-refractivity contribution >= 4 is 23.5 Å². The number of thioether (sulfide) groups is 1. The minimum absolute atomic E-state index is 0.0105. The van der Waals surface area contributed by atoms with Crippen molar-refractivity contribution in [2.75, 3.05) is 46.0 Å². The summed E-state index contributed by atoms with van der Waals surface area (Å²) in [5, 5.41) is 18.4. The van der Waals surface area contributed by atoms with Gasteiger partial charge in [-0.05, 0) is 25.2 Å². The van der Waals surface area contributed by atoms with Crippen LogP contribution in [0.1, 0.15) is 32.1 Å².